The molecule has 2 nitrogen and oxygen atoms in total. The fourth-order valence-corrected chi connectivity index (χ4v) is 3.68. The van der Waals surface area contributed by atoms with Crippen molar-refractivity contribution in [2.75, 3.05) is 5.75 Å². The van der Waals surface area contributed by atoms with Crippen molar-refractivity contribution < 1.29 is 4.42 Å². The van der Waals surface area contributed by atoms with E-state index < -0.39 is 0 Å². The lowest BCUT2D eigenvalue weighted by molar-refractivity contribution is 0.462. The van der Waals surface area contributed by atoms with Crippen molar-refractivity contribution in [1.82, 2.24) is 5.32 Å². The minimum atomic E-state index is 0.404. The highest BCUT2D eigenvalue weighted by Crippen LogP contribution is 2.31. The summed E-state index contributed by atoms with van der Waals surface area (Å²) in [5, 5.41) is 4.54. The molecule has 0 aromatic carbocycles. The Balaban J connectivity index is 1.88. The summed E-state index contributed by atoms with van der Waals surface area (Å²) in [4.78, 5) is 0. The molecule has 2 rings (SSSR count). The van der Waals surface area contributed by atoms with Crippen LogP contribution in [0.1, 0.15) is 44.7 Å². The quantitative estimate of drug-likeness (QED) is 0.850. The van der Waals surface area contributed by atoms with Gasteiger partial charge in [-0.15, -0.1) is 0 Å². The van der Waals surface area contributed by atoms with E-state index in [9.17, 15) is 0 Å². The second kappa shape index (κ2) is 5.78. The van der Waals surface area contributed by atoms with E-state index in [1.165, 1.54) is 30.6 Å². The Kier molecular flexibility index (Phi) is 4.36. The van der Waals surface area contributed by atoms with Crippen LogP contribution < -0.4 is 5.32 Å². The molecule has 1 aromatic heterocycles. The van der Waals surface area contributed by atoms with Crippen LogP contribution in [0, 0.1) is 0 Å². The highest BCUT2D eigenvalue weighted by atomic mass is 32.2. The minimum absolute atomic E-state index is 0.404. The van der Waals surface area contributed by atoms with E-state index >= 15 is 0 Å². The third-order valence-corrected chi connectivity index (χ3v) is 4.67. The predicted octanol–water partition coefficient (Wildman–Crippen LogP) is 3.60. The topological polar surface area (TPSA) is 25.2 Å². The van der Waals surface area contributed by atoms with Gasteiger partial charge in [0.25, 0.3) is 0 Å². The van der Waals surface area contributed by atoms with Gasteiger partial charge < -0.3 is 9.73 Å². The van der Waals surface area contributed by atoms with Crippen LogP contribution in [0.3, 0.4) is 0 Å². The fourth-order valence-electron chi connectivity index (χ4n) is 2.47. The maximum atomic E-state index is 5.13. The van der Waals surface area contributed by atoms with Crippen molar-refractivity contribution in [2.24, 2.45) is 0 Å². The average molecular weight is 239 g/mol. The van der Waals surface area contributed by atoms with Crippen molar-refractivity contribution >= 4 is 11.8 Å². The standard InChI is InChI=1S/C13H21NOS/c1-3-16-13-6-4-5-12(13)14-10(2)11-7-8-15-9-11/h7-10,12-14H,3-6H2,1-2H3. The van der Waals surface area contributed by atoms with Gasteiger partial charge in [-0.25, -0.2) is 0 Å². The summed E-state index contributed by atoms with van der Waals surface area (Å²) < 4.78 is 5.13. The van der Waals surface area contributed by atoms with Gasteiger partial charge in [-0.2, -0.15) is 11.8 Å². The summed E-state index contributed by atoms with van der Waals surface area (Å²) >= 11 is 2.10. The van der Waals surface area contributed by atoms with Gasteiger partial charge in [0.1, 0.15) is 0 Å². The summed E-state index contributed by atoms with van der Waals surface area (Å²) in [6.07, 6.45) is 7.65. The van der Waals surface area contributed by atoms with E-state index in [4.69, 9.17) is 4.42 Å². The van der Waals surface area contributed by atoms with E-state index in [-0.39, 0.29) is 0 Å². The van der Waals surface area contributed by atoms with Crippen LogP contribution in [0.2, 0.25) is 0 Å². The smallest absolute Gasteiger partial charge is 0.0950 e. The molecule has 3 unspecified atom stereocenters. The van der Waals surface area contributed by atoms with Gasteiger partial charge in [-0.3, -0.25) is 0 Å². The van der Waals surface area contributed by atoms with Crippen molar-refractivity contribution in [3.63, 3.8) is 0 Å². The summed E-state index contributed by atoms with van der Waals surface area (Å²) in [7, 11) is 0. The summed E-state index contributed by atoms with van der Waals surface area (Å²) in [6, 6.07) is 3.13. The average Bonchev–Trinajstić information content (AvgIpc) is 2.90. The molecular formula is C13H21NOS. The minimum Gasteiger partial charge on any atom is -0.472 e. The summed E-state index contributed by atoms with van der Waals surface area (Å²) in [5.41, 5.74) is 1.26. The van der Waals surface area contributed by atoms with Crippen LogP contribution in [0.4, 0.5) is 0 Å². The molecule has 1 aliphatic rings. The van der Waals surface area contributed by atoms with E-state index in [2.05, 4.69) is 37.0 Å². The second-order valence-corrected chi connectivity index (χ2v) is 5.99. The second-order valence-electron chi connectivity index (χ2n) is 4.48. The number of nitrogens with one attached hydrogen (secondary N) is 1. The number of hydrogen-bond acceptors (Lipinski definition) is 3. The van der Waals surface area contributed by atoms with Gasteiger partial charge in [0.05, 0.1) is 12.5 Å². The molecule has 0 amide bonds. The zero-order chi connectivity index (χ0) is 11.4. The van der Waals surface area contributed by atoms with Crippen LogP contribution >= 0.6 is 11.8 Å². The van der Waals surface area contributed by atoms with Gasteiger partial charge in [0.2, 0.25) is 0 Å². The van der Waals surface area contributed by atoms with Crippen molar-refractivity contribution in [3.05, 3.63) is 24.2 Å². The van der Waals surface area contributed by atoms with Crippen molar-refractivity contribution in [1.29, 1.82) is 0 Å². The maximum absolute atomic E-state index is 5.13. The first-order valence-corrected chi connectivity index (χ1v) is 7.26. The molecule has 16 heavy (non-hydrogen) atoms. The Morgan fingerprint density at radius 3 is 3.12 bits per heavy atom. The van der Waals surface area contributed by atoms with Crippen LogP contribution in [-0.2, 0) is 0 Å². The van der Waals surface area contributed by atoms with Gasteiger partial charge >= 0.3 is 0 Å². The van der Waals surface area contributed by atoms with Gasteiger partial charge in [-0.1, -0.05) is 13.3 Å². The first kappa shape index (κ1) is 12.1. The molecule has 0 spiro atoms. The van der Waals surface area contributed by atoms with Gasteiger partial charge in [0, 0.05) is 22.9 Å². The molecular weight excluding hydrogens is 218 g/mol. The predicted molar refractivity (Wildman–Crippen MR) is 69.8 cm³/mol. The molecule has 90 valence electrons. The third kappa shape index (κ3) is 2.83. The van der Waals surface area contributed by atoms with E-state index in [0.29, 0.717) is 12.1 Å². The zero-order valence-electron chi connectivity index (χ0n) is 10.1. The Labute approximate surface area is 102 Å². The Morgan fingerprint density at radius 2 is 2.44 bits per heavy atom. The lowest BCUT2D eigenvalue weighted by Gasteiger charge is -2.24. The van der Waals surface area contributed by atoms with E-state index in [1.54, 1.807) is 6.26 Å². The number of furan rings is 1. The Hall–Kier alpha value is -0.410. The fraction of sp³-hybridized carbons (Fsp3) is 0.692. The number of rotatable bonds is 5. The van der Waals surface area contributed by atoms with Crippen LogP contribution in [-0.4, -0.2) is 17.0 Å². The number of hydrogen-bond donors (Lipinski definition) is 1. The SMILES string of the molecule is CCSC1CCCC1NC(C)c1ccoc1. The monoisotopic (exact) mass is 239 g/mol. The zero-order valence-corrected chi connectivity index (χ0v) is 10.9. The highest BCUT2D eigenvalue weighted by molar-refractivity contribution is 7.99. The molecule has 1 N–H and O–H groups in total. The molecule has 0 bridgehead atoms. The lowest BCUT2D eigenvalue weighted by Crippen LogP contribution is -2.35. The van der Waals surface area contributed by atoms with Crippen molar-refractivity contribution in [3.8, 4) is 0 Å². The largest absolute Gasteiger partial charge is 0.472 e. The Bertz CT molecular complexity index is 299. The van der Waals surface area contributed by atoms with E-state index in [0.717, 1.165) is 5.25 Å². The highest BCUT2D eigenvalue weighted by Gasteiger charge is 2.28. The van der Waals surface area contributed by atoms with Crippen molar-refractivity contribution in [2.45, 2.75) is 50.4 Å². The maximum Gasteiger partial charge on any atom is 0.0950 e. The first-order valence-electron chi connectivity index (χ1n) is 6.21. The molecule has 1 heterocycles. The van der Waals surface area contributed by atoms with Crippen LogP contribution in [0.15, 0.2) is 23.0 Å². The van der Waals surface area contributed by atoms with Gasteiger partial charge in [-0.05, 0) is 31.6 Å². The summed E-state index contributed by atoms with van der Waals surface area (Å²) in [6.45, 7) is 4.47. The molecule has 1 saturated carbocycles. The number of thioether (sulfide) groups is 1. The van der Waals surface area contributed by atoms with Crippen LogP contribution in [0.5, 0.6) is 0 Å². The molecule has 1 aromatic rings. The first-order chi connectivity index (χ1) is 7.81. The van der Waals surface area contributed by atoms with Gasteiger partial charge in [0.15, 0.2) is 0 Å². The van der Waals surface area contributed by atoms with Crippen LogP contribution in [0.25, 0.3) is 0 Å². The molecule has 0 radical (unpaired) electrons. The molecule has 0 aliphatic heterocycles. The molecule has 3 heteroatoms. The Morgan fingerprint density at radius 1 is 1.56 bits per heavy atom. The molecule has 1 fully saturated rings. The normalized spacial score (nSPS) is 27.1. The molecule has 3 atom stereocenters. The third-order valence-electron chi connectivity index (χ3n) is 3.34. The van der Waals surface area contributed by atoms with E-state index in [1.807, 2.05) is 6.26 Å². The molecule has 0 saturated heterocycles. The molecule has 1 aliphatic carbocycles. The summed E-state index contributed by atoms with van der Waals surface area (Å²) in [5.74, 6) is 1.23. The lowest BCUT2D eigenvalue weighted by atomic mass is 10.1.